The molecule has 0 saturated carbocycles. The monoisotopic (exact) mass is 297 g/mol. The van der Waals surface area contributed by atoms with Gasteiger partial charge in [0.25, 0.3) is 0 Å². The van der Waals surface area contributed by atoms with E-state index >= 15 is 0 Å². The molecule has 0 aliphatic heterocycles. The lowest BCUT2D eigenvalue weighted by atomic mass is 10.1. The molecule has 20 heavy (non-hydrogen) atoms. The molecule has 0 bridgehead atoms. The highest BCUT2D eigenvalue weighted by atomic mass is 32.2. The summed E-state index contributed by atoms with van der Waals surface area (Å²) in [5.41, 5.74) is 3.97. The lowest BCUT2D eigenvalue weighted by Crippen LogP contribution is -2.18. The fraction of sp³-hybridized carbons (Fsp3) is 0.0769. The van der Waals surface area contributed by atoms with Crippen LogP contribution >= 0.6 is 11.8 Å². The highest BCUT2D eigenvalue weighted by Gasteiger charge is 2.34. The number of amidine groups is 1. The first-order valence-electron chi connectivity index (χ1n) is 5.51. The number of hydrogen-bond acceptors (Lipinski definition) is 3. The lowest BCUT2D eigenvalue weighted by molar-refractivity contribution is -0.137. The number of pyridine rings is 1. The molecule has 0 atom stereocenters. The Morgan fingerprint density at radius 3 is 2.30 bits per heavy atom. The normalized spacial score (nSPS) is 11.3. The van der Waals surface area contributed by atoms with Gasteiger partial charge in [-0.15, -0.1) is 0 Å². The Hall–Kier alpha value is -2.02. The molecule has 0 unspecified atom stereocenters. The highest BCUT2D eigenvalue weighted by molar-refractivity contribution is 7.99. The Kier molecular flexibility index (Phi) is 3.99. The largest absolute Gasteiger partial charge is 0.417 e. The topological polar surface area (TPSA) is 62.8 Å². The van der Waals surface area contributed by atoms with Gasteiger partial charge in [-0.3, -0.25) is 10.4 Å². The summed E-state index contributed by atoms with van der Waals surface area (Å²) in [7, 11) is 0. The van der Waals surface area contributed by atoms with Crippen LogP contribution in [0.2, 0.25) is 0 Å². The first-order chi connectivity index (χ1) is 9.38. The zero-order valence-electron chi connectivity index (χ0n) is 10.1. The molecule has 104 valence electrons. The third kappa shape index (κ3) is 3.30. The molecule has 0 saturated heterocycles. The van der Waals surface area contributed by atoms with Gasteiger partial charge in [0.2, 0.25) is 0 Å². The van der Waals surface area contributed by atoms with E-state index in [9.17, 15) is 13.2 Å². The van der Waals surface area contributed by atoms with Gasteiger partial charge in [-0.1, -0.05) is 11.8 Å². The molecule has 0 spiro atoms. The number of nitrogens with zero attached hydrogens (tertiary/aromatic N) is 1. The van der Waals surface area contributed by atoms with Crippen molar-refractivity contribution in [2.75, 3.05) is 0 Å². The van der Waals surface area contributed by atoms with Crippen molar-refractivity contribution < 1.29 is 13.2 Å². The molecule has 7 heteroatoms. The van der Waals surface area contributed by atoms with Crippen molar-refractivity contribution in [3.05, 3.63) is 53.9 Å². The first kappa shape index (κ1) is 14.4. The van der Waals surface area contributed by atoms with Crippen LogP contribution in [0.5, 0.6) is 0 Å². The number of alkyl halides is 3. The van der Waals surface area contributed by atoms with Gasteiger partial charge in [0.1, 0.15) is 5.84 Å². The molecule has 1 aromatic carbocycles. The van der Waals surface area contributed by atoms with Gasteiger partial charge in [-0.25, -0.2) is 0 Å². The van der Waals surface area contributed by atoms with E-state index in [0.29, 0.717) is 4.90 Å². The van der Waals surface area contributed by atoms with Gasteiger partial charge in [0.15, 0.2) is 0 Å². The fourth-order valence-corrected chi connectivity index (χ4v) is 2.44. The lowest BCUT2D eigenvalue weighted by Gasteiger charge is -2.13. The minimum absolute atomic E-state index is 0.309. The van der Waals surface area contributed by atoms with E-state index in [0.717, 1.165) is 11.0 Å². The van der Waals surface area contributed by atoms with E-state index < -0.39 is 17.6 Å². The molecular weight excluding hydrogens is 287 g/mol. The molecule has 3 nitrogen and oxygen atoms in total. The Morgan fingerprint density at radius 2 is 1.75 bits per heavy atom. The van der Waals surface area contributed by atoms with Crippen LogP contribution in [0, 0.1) is 5.41 Å². The van der Waals surface area contributed by atoms with Crippen molar-refractivity contribution in [1.82, 2.24) is 4.98 Å². The van der Waals surface area contributed by atoms with Gasteiger partial charge in [0.05, 0.1) is 5.56 Å². The number of halogens is 3. The SMILES string of the molecule is N=C(N)c1ccc(Sc2ccncc2)cc1C(F)(F)F. The summed E-state index contributed by atoms with van der Waals surface area (Å²) in [5.74, 6) is -0.599. The Balaban J connectivity index is 2.40. The van der Waals surface area contributed by atoms with E-state index in [4.69, 9.17) is 11.1 Å². The van der Waals surface area contributed by atoms with Gasteiger partial charge in [0, 0.05) is 27.7 Å². The van der Waals surface area contributed by atoms with Crippen LogP contribution in [0.3, 0.4) is 0 Å². The second-order valence-corrected chi connectivity index (χ2v) is 5.05. The summed E-state index contributed by atoms with van der Waals surface area (Å²) >= 11 is 1.19. The Labute approximate surface area is 117 Å². The molecule has 0 aliphatic rings. The van der Waals surface area contributed by atoms with E-state index in [-0.39, 0.29) is 5.56 Å². The van der Waals surface area contributed by atoms with Crippen LogP contribution in [0.1, 0.15) is 11.1 Å². The predicted molar refractivity (Wildman–Crippen MR) is 70.8 cm³/mol. The van der Waals surface area contributed by atoms with Crippen LogP contribution in [-0.4, -0.2) is 10.8 Å². The maximum atomic E-state index is 13.0. The third-order valence-corrected chi connectivity index (χ3v) is 3.47. The standard InChI is InChI=1S/C13H10F3N3S/c14-13(15,16)11-7-9(1-2-10(11)12(17)18)20-8-3-5-19-6-4-8/h1-7H,(H3,17,18). The first-order valence-corrected chi connectivity index (χ1v) is 6.33. The fourth-order valence-electron chi connectivity index (χ4n) is 1.60. The van der Waals surface area contributed by atoms with Crippen LogP contribution in [0.25, 0.3) is 0 Å². The zero-order chi connectivity index (χ0) is 14.8. The van der Waals surface area contributed by atoms with Crippen molar-refractivity contribution in [1.29, 1.82) is 5.41 Å². The van der Waals surface area contributed by atoms with Crippen molar-refractivity contribution in [3.8, 4) is 0 Å². The molecule has 0 radical (unpaired) electrons. The van der Waals surface area contributed by atoms with Crippen LogP contribution < -0.4 is 5.73 Å². The Morgan fingerprint density at radius 1 is 1.10 bits per heavy atom. The molecule has 0 amide bonds. The number of nitrogen functional groups attached to an aromatic ring is 1. The Bertz CT molecular complexity index is 627. The highest BCUT2D eigenvalue weighted by Crippen LogP contribution is 2.36. The number of nitrogens with two attached hydrogens (primary N) is 1. The smallest absolute Gasteiger partial charge is 0.384 e. The molecular formula is C13H10F3N3S. The van der Waals surface area contributed by atoms with E-state index in [1.54, 1.807) is 24.5 Å². The quantitative estimate of drug-likeness (QED) is 0.673. The van der Waals surface area contributed by atoms with Gasteiger partial charge in [-0.2, -0.15) is 13.2 Å². The van der Waals surface area contributed by atoms with E-state index in [1.165, 1.54) is 23.9 Å². The molecule has 2 aromatic rings. The summed E-state index contributed by atoms with van der Waals surface area (Å²) in [6, 6.07) is 7.14. The molecule has 0 aliphatic carbocycles. The number of rotatable bonds is 3. The van der Waals surface area contributed by atoms with Crippen molar-refractivity contribution in [3.63, 3.8) is 0 Å². The molecule has 1 aromatic heterocycles. The second-order valence-electron chi connectivity index (χ2n) is 3.90. The van der Waals surface area contributed by atoms with Crippen LogP contribution in [-0.2, 0) is 6.18 Å². The maximum absolute atomic E-state index is 13.0. The number of benzene rings is 1. The molecule has 1 heterocycles. The molecule has 0 fully saturated rings. The third-order valence-electron chi connectivity index (χ3n) is 2.47. The van der Waals surface area contributed by atoms with Crippen LogP contribution in [0.15, 0.2) is 52.5 Å². The van der Waals surface area contributed by atoms with E-state index in [1.807, 2.05) is 0 Å². The zero-order valence-corrected chi connectivity index (χ0v) is 10.9. The summed E-state index contributed by atoms with van der Waals surface area (Å²) in [6.07, 6.45) is -1.41. The molecule has 2 rings (SSSR count). The maximum Gasteiger partial charge on any atom is 0.417 e. The van der Waals surface area contributed by atoms with Gasteiger partial charge in [-0.05, 0) is 30.3 Å². The van der Waals surface area contributed by atoms with Gasteiger partial charge >= 0.3 is 6.18 Å². The van der Waals surface area contributed by atoms with Crippen molar-refractivity contribution in [2.24, 2.45) is 5.73 Å². The minimum Gasteiger partial charge on any atom is -0.384 e. The number of aromatic nitrogens is 1. The summed E-state index contributed by atoms with van der Waals surface area (Å²) < 4.78 is 38.9. The minimum atomic E-state index is -4.55. The average molecular weight is 297 g/mol. The van der Waals surface area contributed by atoms with Crippen molar-refractivity contribution in [2.45, 2.75) is 16.0 Å². The van der Waals surface area contributed by atoms with E-state index in [2.05, 4.69) is 4.98 Å². The average Bonchev–Trinajstić information content (AvgIpc) is 2.38. The summed E-state index contributed by atoms with van der Waals surface area (Å²) in [5, 5.41) is 7.21. The second kappa shape index (κ2) is 5.54. The number of nitrogens with one attached hydrogen (secondary N) is 1. The van der Waals surface area contributed by atoms with Crippen molar-refractivity contribution >= 4 is 17.6 Å². The predicted octanol–water partition coefficient (Wildman–Crippen LogP) is 3.54. The summed E-state index contributed by atoms with van der Waals surface area (Å²) in [6.45, 7) is 0. The number of hydrogen-bond donors (Lipinski definition) is 2. The van der Waals surface area contributed by atoms with Gasteiger partial charge < -0.3 is 5.73 Å². The van der Waals surface area contributed by atoms with Crippen LogP contribution in [0.4, 0.5) is 13.2 Å². The molecule has 3 N–H and O–H groups in total. The summed E-state index contributed by atoms with van der Waals surface area (Å²) in [4.78, 5) is 5.05.